The Morgan fingerprint density at radius 3 is 2.47 bits per heavy atom. The van der Waals surface area contributed by atoms with Crippen LogP contribution >= 0.6 is 0 Å². The predicted octanol–water partition coefficient (Wildman–Crippen LogP) is 2.55. The van der Waals surface area contributed by atoms with Crippen molar-refractivity contribution in [2.45, 2.75) is 46.4 Å². The molecule has 0 bridgehead atoms. The van der Waals surface area contributed by atoms with Crippen molar-refractivity contribution in [1.82, 2.24) is 5.32 Å². The summed E-state index contributed by atoms with van der Waals surface area (Å²) in [5.41, 5.74) is 3.95. The summed E-state index contributed by atoms with van der Waals surface area (Å²) in [5, 5.41) is 12.3. The molecule has 0 radical (unpaired) electrons. The summed E-state index contributed by atoms with van der Waals surface area (Å²) in [6.45, 7) is 8.10. The molecule has 0 aliphatic heterocycles. The van der Waals surface area contributed by atoms with Gasteiger partial charge in [0.2, 0.25) is 0 Å². The Hall–Kier alpha value is -0.860. The molecule has 2 unspecified atom stereocenters. The van der Waals surface area contributed by atoms with Crippen LogP contribution in [0.1, 0.15) is 43.5 Å². The average molecular weight is 207 g/mol. The molecule has 15 heavy (non-hydrogen) atoms. The van der Waals surface area contributed by atoms with Gasteiger partial charge in [0.1, 0.15) is 6.23 Å². The summed E-state index contributed by atoms with van der Waals surface area (Å²) in [6.07, 6.45) is 0.607. The van der Waals surface area contributed by atoms with E-state index < -0.39 is 6.23 Å². The van der Waals surface area contributed by atoms with Crippen molar-refractivity contribution in [1.29, 1.82) is 0 Å². The molecule has 1 aromatic carbocycles. The number of nitrogens with one attached hydrogen (secondary N) is 1. The van der Waals surface area contributed by atoms with Crippen molar-refractivity contribution >= 4 is 0 Å². The standard InChI is InChI=1S/C13H21NO/c1-5-12-6-7-13(8-9(12)2)10(3)14-11(4)15/h6-8,10-11,14-15H,5H2,1-4H3. The summed E-state index contributed by atoms with van der Waals surface area (Å²) in [5.74, 6) is 0. The molecule has 2 N–H and O–H groups in total. The maximum atomic E-state index is 9.24. The van der Waals surface area contributed by atoms with Crippen LogP contribution in [0.2, 0.25) is 0 Å². The minimum Gasteiger partial charge on any atom is -0.379 e. The van der Waals surface area contributed by atoms with Crippen molar-refractivity contribution in [3.8, 4) is 0 Å². The van der Waals surface area contributed by atoms with Crippen LogP contribution < -0.4 is 5.32 Å². The lowest BCUT2D eigenvalue weighted by molar-refractivity contribution is 0.143. The fourth-order valence-electron chi connectivity index (χ4n) is 1.84. The van der Waals surface area contributed by atoms with E-state index in [1.165, 1.54) is 16.7 Å². The molecular formula is C13H21NO. The minimum atomic E-state index is -0.467. The monoisotopic (exact) mass is 207 g/mol. The SMILES string of the molecule is CCc1ccc(C(C)NC(C)O)cc1C. The molecule has 84 valence electrons. The van der Waals surface area contributed by atoms with Gasteiger partial charge in [-0.05, 0) is 43.9 Å². The Morgan fingerprint density at radius 2 is 2.00 bits per heavy atom. The fourth-order valence-corrected chi connectivity index (χ4v) is 1.84. The van der Waals surface area contributed by atoms with E-state index in [0.717, 1.165) is 6.42 Å². The van der Waals surface area contributed by atoms with Gasteiger partial charge in [0.15, 0.2) is 0 Å². The Kier molecular flexibility index (Phi) is 4.30. The van der Waals surface area contributed by atoms with E-state index in [1.807, 2.05) is 0 Å². The first-order valence-corrected chi connectivity index (χ1v) is 5.58. The van der Waals surface area contributed by atoms with Crippen LogP contribution in [0, 0.1) is 6.92 Å². The van der Waals surface area contributed by atoms with Gasteiger partial charge in [-0.3, -0.25) is 5.32 Å². The second-order valence-electron chi connectivity index (χ2n) is 4.10. The first-order chi connectivity index (χ1) is 7.04. The molecule has 0 aliphatic carbocycles. The zero-order chi connectivity index (χ0) is 11.4. The molecule has 2 nitrogen and oxygen atoms in total. The highest BCUT2D eigenvalue weighted by Gasteiger charge is 2.08. The number of hydrogen-bond acceptors (Lipinski definition) is 2. The van der Waals surface area contributed by atoms with Gasteiger partial charge < -0.3 is 5.11 Å². The van der Waals surface area contributed by atoms with Gasteiger partial charge >= 0.3 is 0 Å². The molecular weight excluding hydrogens is 186 g/mol. The van der Waals surface area contributed by atoms with Crippen molar-refractivity contribution in [2.24, 2.45) is 0 Å². The van der Waals surface area contributed by atoms with Crippen molar-refractivity contribution in [3.63, 3.8) is 0 Å². The predicted molar refractivity (Wildman–Crippen MR) is 63.8 cm³/mol. The Morgan fingerprint density at radius 1 is 1.33 bits per heavy atom. The summed E-state index contributed by atoms with van der Waals surface area (Å²) < 4.78 is 0. The largest absolute Gasteiger partial charge is 0.379 e. The maximum Gasteiger partial charge on any atom is 0.102 e. The van der Waals surface area contributed by atoms with E-state index in [-0.39, 0.29) is 6.04 Å². The normalized spacial score (nSPS) is 15.0. The van der Waals surface area contributed by atoms with E-state index in [1.54, 1.807) is 6.92 Å². The van der Waals surface area contributed by atoms with Crippen molar-refractivity contribution < 1.29 is 5.11 Å². The second-order valence-corrected chi connectivity index (χ2v) is 4.10. The Bertz CT molecular complexity index is 320. The summed E-state index contributed by atoms with van der Waals surface area (Å²) >= 11 is 0. The highest BCUT2D eigenvalue weighted by atomic mass is 16.3. The van der Waals surface area contributed by atoms with E-state index in [9.17, 15) is 5.11 Å². The molecule has 2 heteroatoms. The highest BCUT2D eigenvalue weighted by Crippen LogP contribution is 2.17. The van der Waals surface area contributed by atoms with Gasteiger partial charge in [-0.15, -0.1) is 0 Å². The number of aliphatic hydroxyl groups is 1. The van der Waals surface area contributed by atoms with Gasteiger partial charge in [0, 0.05) is 6.04 Å². The third kappa shape index (κ3) is 3.33. The van der Waals surface area contributed by atoms with Crippen molar-refractivity contribution in [3.05, 3.63) is 34.9 Å². The van der Waals surface area contributed by atoms with Crippen LogP contribution in [0.5, 0.6) is 0 Å². The summed E-state index contributed by atoms with van der Waals surface area (Å²) in [7, 11) is 0. The summed E-state index contributed by atoms with van der Waals surface area (Å²) in [6, 6.07) is 6.69. The third-order valence-corrected chi connectivity index (χ3v) is 2.74. The first-order valence-electron chi connectivity index (χ1n) is 5.58. The lowest BCUT2D eigenvalue weighted by Crippen LogP contribution is -2.28. The molecule has 2 atom stereocenters. The highest BCUT2D eigenvalue weighted by molar-refractivity contribution is 5.32. The molecule has 1 rings (SSSR count). The van der Waals surface area contributed by atoms with Gasteiger partial charge in [-0.2, -0.15) is 0 Å². The lowest BCUT2D eigenvalue weighted by atomic mass is 10.00. The number of rotatable bonds is 4. The minimum absolute atomic E-state index is 0.189. The lowest BCUT2D eigenvalue weighted by Gasteiger charge is -2.17. The van der Waals surface area contributed by atoms with E-state index in [4.69, 9.17) is 0 Å². The molecule has 0 saturated carbocycles. The molecule has 0 saturated heterocycles. The van der Waals surface area contributed by atoms with Gasteiger partial charge in [-0.1, -0.05) is 25.1 Å². The van der Waals surface area contributed by atoms with E-state index in [0.29, 0.717) is 0 Å². The van der Waals surface area contributed by atoms with Crippen LogP contribution in [0.3, 0.4) is 0 Å². The van der Waals surface area contributed by atoms with Gasteiger partial charge in [0.25, 0.3) is 0 Å². The summed E-state index contributed by atoms with van der Waals surface area (Å²) in [4.78, 5) is 0. The van der Waals surface area contributed by atoms with Crippen LogP contribution in [-0.4, -0.2) is 11.3 Å². The fraction of sp³-hybridized carbons (Fsp3) is 0.538. The third-order valence-electron chi connectivity index (χ3n) is 2.74. The zero-order valence-corrected chi connectivity index (χ0v) is 10.0. The van der Waals surface area contributed by atoms with Gasteiger partial charge in [0.05, 0.1) is 0 Å². The average Bonchev–Trinajstić information content (AvgIpc) is 2.16. The number of benzene rings is 1. The molecule has 0 aromatic heterocycles. The molecule has 0 fully saturated rings. The van der Waals surface area contributed by atoms with Crippen molar-refractivity contribution in [2.75, 3.05) is 0 Å². The van der Waals surface area contributed by atoms with Crippen LogP contribution in [0.15, 0.2) is 18.2 Å². The van der Waals surface area contributed by atoms with Crippen LogP contribution in [0.4, 0.5) is 0 Å². The van der Waals surface area contributed by atoms with Crippen LogP contribution in [0.25, 0.3) is 0 Å². The van der Waals surface area contributed by atoms with E-state index >= 15 is 0 Å². The maximum absolute atomic E-state index is 9.24. The molecule has 0 spiro atoms. The molecule has 1 aromatic rings. The Balaban J connectivity index is 2.82. The van der Waals surface area contributed by atoms with E-state index in [2.05, 4.69) is 44.3 Å². The molecule has 0 heterocycles. The Labute approximate surface area is 92.3 Å². The van der Waals surface area contributed by atoms with Crippen LogP contribution in [-0.2, 0) is 6.42 Å². The number of aliphatic hydroxyl groups excluding tert-OH is 1. The quantitative estimate of drug-likeness (QED) is 0.744. The zero-order valence-electron chi connectivity index (χ0n) is 10.0. The topological polar surface area (TPSA) is 32.3 Å². The molecule has 0 amide bonds. The smallest absolute Gasteiger partial charge is 0.102 e. The number of aryl methyl sites for hydroxylation is 2. The number of hydrogen-bond donors (Lipinski definition) is 2. The second kappa shape index (κ2) is 5.29. The van der Waals surface area contributed by atoms with Gasteiger partial charge in [-0.25, -0.2) is 0 Å². The first kappa shape index (κ1) is 12.2. The molecule has 0 aliphatic rings.